The van der Waals surface area contributed by atoms with Crippen LogP contribution in [0.1, 0.15) is 26.3 Å². The summed E-state index contributed by atoms with van der Waals surface area (Å²) in [6.07, 6.45) is 4.84. The molecule has 1 aliphatic rings. The Balaban J connectivity index is 1.62. The summed E-state index contributed by atoms with van der Waals surface area (Å²) in [5, 5.41) is 3.22. The van der Waals surface area contributed by atoms with Crippen molar-refractivity contribution in [1.82, 2.24) is 15.0 Å². The molecule has 1 unspecified atom stereocenters. The molecular formula is C25H18N6O2. The zero-order chi connectivity index (χ0) is 22.8. The fraction of sp³-hybridized carbons (Fsp3) is 0.0400. The van der Waals surface area contributed by atoms with Crippen LogP contribution in [-0.4, -0.2) is 44.4 Å². The minimum Gasteiger partial charge on any atom is -0.289 e. The van der Waals surface area contributed by atoms with Gasteiger partial charge in [0.2, 0.25) is 23.6 Å². The molecule has 0 aliphatic carbocycles. The number of fused-ring (bicyclic) bond motifs is 1. The SMILES string of the molecule is NN1C(c2ccc3ccccc3c2)=NC(C(=O)c2cccnc2)=NC1C(=O)c1cccnc1. The second-order valence-corrected chi connectivity index (χ2v) is 7.41. The van der Waals surface area contributed by atoms with Gasteiger partial charge in [0, 0.05) is 41.5 Å². The highest BCUT2D eigenvalue weighted by atomic mass is 16.1. The van der Waals surface area contributed by atoms with Crippen molar-refractivity contribution < 1.29 is 9.59 Å². The van der Waals surface area contributed by atoms with Gasteiger partial charge in [-0.15, -0.1) is 0 Å². The van der Waals surface area contributed by atoms with Gasteiger partial charge in [0.15, 0.2) is 5.84 Å². The van der Waals surface area contributed by atoms with Crippen LogP contribution >= 0.6 is 0 Å². The summed E-state index contributed by atoms with van der Waals surface area (Å²) in [7, 11) is 0. The lowest BCUT2D eigenvalue weighted by Gasteiger charge is -2.30. The number of ketones is 2. The second kappa shape index (κ2) is 8.52. The normalized spacial score (nSPS) is 15.7. The maximum absolute atomic E-state index is 13.3. The summed E-state index contributed by atoms with van der Waals surface area (Å²) < 4.78 is 0. The minimum absolute atomic E-state index is 0.116. The lowest BCUT2D eigenvalue weighted by Crippen LogP contribution is -2.52. The smallest absolute Gasteiger partial charge is 0.231 e. The maximum atomic E-state index is 13.3. The molecule has 0 saturated heterocycles. The number of carbonyl (C=O) groups is 2. The Bertz CT molecular complexity index is 1420. The number of nitrogens with zero attached hydrogens (tertiary/aromatic N) is 5. The third-order valence-corrected chi connectivity index (χ3v) is 5.28. The van der Waals surface area contributed by atoms with E-state index >= 15 is 0 Å². The number of hydrogen-bond donors (Lipinski definition) is 1. The van der Waals surface area contributed by atoms with E-state index in [2.05, 4.69) is 20.0 Å². The van der Waals surface area contributed by atoms with Crippen molar-refractivity contribution in [2.45, 2.75) is 6.17 Å². The number of aliphatic imine (C=N–C) groups is 2. The van der Waals surface area contributed by atoms with Crippen molar-refractivity contribution in [1.29, 1.82) is 0 Å². The predicted octanol–water partition coefficient (Wildman–Crippen LogP) is 3.06. The molecule has 2 N–H and O–H groups in total. The molecule has 0 fully saturated rings. The van der Waals surface area contributed by atoms with Crippen molar-refractivity contribution in [3.05, 3.63) is 108 Å². The van der Waals surface area contributed by atoms with Crippen LogP contribution < -0.4 is 5.84 Å². The Morgan fingerprint density at radius 1 is 0.818 bits per heavy atom. The zero-order valence-electron chi connectivity index (χ0n) is 17.4. The monoisotopic (exact) mass is 434 g/mol. The number of benzene rings is 2. The van der Waals surface area contributed by atoms with Crippen molar-refractivity contribution in [3.63, 3.8) is 0 Å². The van der Waals surface area contributed by atoms with Gasteiger partial charge in [-0.1, -0.05) is 36.4 Å². The Labute approximate surface area is 189 Å². The molecule has 4 aromatic rings. The van der Waals surface area contributed by atoms with Gasteiger partial charge >= 0.3 is 0 Å². The number of carbonyl (C=O) groups excluding carboxylic acids is 2. The molecule has 0 bridgehead atoms. The molecule has 8 nitrogen and oxygen atoms in total. The predicted molar refractivity (Wildman–Crippen MR) is 125 cm³/mol. The van der Waals surface area contributed by atoms with E-state index in [9.17, 15) is 9.59 Å². The third-order valence-electron chi connectivity index (χ3n) is 5.28. The van der Waals surface area contributed by atoms with Crippen LogP contribution in [0.15, 0.2) is 102 Å². The number of rotatable bonds is 5. The highest BCUT2D eigenvalue weighted by Gasteiger charge is 2.34. The van der Waals surface area contributed by atoms with Crippen LogP contribution in [0.3, 0.4) is 0 Å². The summed E-state index contributed by atoms with van der Waals surface area (Å²) in [5.74, 6) is 5.68. The summed E-state index contributed by atoms with van der Waals surface area (Å²) >= 11 is 0. The Morgan fingerprint density at radius 3 is 2.21 bits per heavy atom. The van der Waals surface area contributed by atoms with Gasteiger partial charge in [0.05, 0.1) is 0 Å². The van der Waals surface area contributed by atoms with Crippen molar-refractivity contribution in [3.8, 4) is 0 Å². The molecule has 2 aromatic heterocycles. The topological polar surface area (TPSA) is 114 Å². The van der Waals surface area contributed by atoms with E-state index < -0.39 is 17.7 Å². The number of hydrogen-bond acceptors (Lipinski definition) is 8. The minimum atomic E-state index is -1.18. The van der Waals surface area contributed by atoms with Crippen LogP contribution in [-0.2, 0) is 0 Å². The quantitative estimate of drug-likeness (QED) is 0.381. The summed E-state index contributed by atoms with van der Waals surface area (Å²) in [6, 6.07) is 20.1. The first kappa shape index (κ1) is 20.3. The number of amidine groups is 2. The van der Waals surface area contributed by atoms with E-state index in [0.29, 0.717) is 16.7 Å². The van der Waals surface area contributed by atoms with Gasteiger partial charge in [-0.25, -0.2) is 15.8 Å². The molecule has 0 amide bonds. The first-order chi connectivity index (χ1) is 16.1. The molecular weight excluding hydrogens is 416 g/mol. The van der Waals surface area contributed by atoms with E-state index in [-0.39, 0.29) is 11.7 Å². The second-order valence-electron chi connectivity index (χ2n) is 7.41. The maximum Gasteiger partial charge on any atom is 0.231 e. The molecule has 33 heavy (non-hydrogen) atoms. The molecule has 0 spiro atoms. The summed E-state index contributed by atoms with van der Waals surface area (Å²) in [6.45, 7) is 0. The number of Topliss-reactive ketones (excluding diaryl/α,β-unsaturated/α-hetero) is 2. The third kappa shape index (κ3) is 3.90. The van der Waals surface area contributed by atoms with E-state index in [1.165, 1.54) is 17.4 Å². The van der Waals surface area contributed by atoms with E-state index in [1.807, 2.05) is 42.5 Å². The van der Waals surface area contributed by atoms with E-state index in [0.717, 1.165) is 10.8 Å². The van der Waals surface area contributed by atoms with E-state index in [4.69, 9.17) is 5.84 Å². The molecule has 2 aromatic carbocycles. The Morgan fingerprint density at radius 2 is 1.52 bits per heavy atom. The van der Waals surface area contributed by atoms with Gasteiger partial charge in [-0.05, 0) is 41.1 Å². The van der Waals surface area contributed by atoms with Gasteiger partial charge in [-0.2, -0.15) is 0 Å². The largest absolute Gasteiger partial charge is 0.289 e. The molecule has 160 valence electrons. The van der Waals surface area contributed by atoms with Gasteiger partial charge in [0.25, 0.3) is 0 Å². The Hall–Kier alpha value is -4.56. The van der Waals surface area contributed by atoms with Crippen LogP contribution in [0.4, 0.5) is 0 Å². The fourth-order valence-electron chi connectivity index (χ4n) is 3.60. The molecule has 3 heterocycles. The molecule has 0 saturated carbocycles. The van der Waals surface area contributed by atoms with Crippen molar-refractivity contribution in [2.24, 2.45) is 15.8 Å². The van der Waals surface area contributed by atoms with E-state index in [1.54, 1.807) is 36.7 Å². The summed E-state index contributed by atoms with van der Waals surface area (Å²) in [5.41, 5.74) is 1.30. The average molecular weight is 434 g/mol. The number of pyridine rings is 2. The fourth-order valence-corrected chi connectivity index (χ4v) is 3.60. The zero-order valence-corrected chi connectivity index (χ0v) is 17.4. The van der Waals surface area contributed by atoms with Crippen LogP contribution in [0.2, 0.25) is 0 Å². The van der Waals surface area contributed by atoms with Gasteiger partial charge in [0.1, 0.15) is 0 Å². The lowest BCUT2D eigenvalue weighted by molar-refractivity contribution is 0.0891. The first-order valence-corrected chi connectivity index (χ1v) is 10.2. The van der Waals surface area contributed by atoms with Gasteiger partial charge in [-0.3, -0.25) is 24.6 Å². The molecule has 0 radical (unpaired) electrons. The molecule has 8 heteroatoms. The molecule has 1 aliphatic heterocycles. The Kier molecular flexibility index (Phi) is 5.26. The van der Waals surface area contributed by atoms with Gasteiger partial charge < -0.3 is 0 Å². The lowest BCUT2D eigenvalue weighted by atomic mass is 10.0. The van der Waals surface area contributed by atoms with Crippen LogP contribution in [0.25, 0.3) is 10.8 Å². The highest BCUT2D eigenvalue weighted by molar-refractivity contribution is 6.47. The number of aromatic nitrogens is 2. The van der Waals surface area contributed by atoms with Crippen LogP contribution in [0.5, 0.6) is 0 Å². The van der Waals surface area contributed by atoms with Crippen molar-refractivity contribution >= 4 is 34.0 Å². The summed E-state index contributed by atoms with van der Waals surface area (Å²) in [4.78, 5) is 43.2. The van der Waals surface area contributed by atoms with Crippen LogP contribution in [0, 0.1) is 0 Å². The highest BCUT2D eigenvalue weighted by Crippen LogP contribution is 2.21. The molecule has 1 atom stereocenters. The number of hydrazine groups is 1. The average Bonchev–Trinajstić information content (AvgIpc) is 2.89. The number of nitrogens with two attached hydrogens (primary N) is 1. The first-order valence-electron chi connectivity index (χ1n) is 10.2. The molecule has 5 rings (SSSR count). The van der Waals surface area contributed by atoms with Crippen molar-refractivity contribution in [2.75, 3.05) is 0 Å². The standard InChI is InChI=1S/C25H18N6O2/c26-31-24(18-10-9-16-5-1-2-6-17(16)13-18)29-23(21(32)19-7-3-11-27-14-19)30-25(31)22(33)20-8-4-12-28-15-20/h1-15,25H,26H2.